The van der Waals surface area contributed by atoms with E-state index >= 15 is 0 Å². The third-order valence-corrected chi connectivity index (χ3v) is 3.53. The topological polar surface area (TPSA) is 75.6 Å². The smallest absolute Gasteiger partial charge is 0.430 e. The van der Waals surface area contributed by atoms with Gasteiger partial charge in [0.15, 0.2) is 5.38 Å². The van der Waals surface area contributed by atoms with Gasteiger partial charge in [-0.15, -0.1) is 11.6 Å². The predicted octanol–water partition coefficient (Wildman–Crippen LogP) is 2.49. The van der Waals surface area contributed by atoms with Crippen LogP contribution < -0.4 is 5.32 Å². The third-order valence-electron chi connectivity index (χ3n) is 2.71. The van der Waals surface area contributed by atoms with Crippen molar-refractivity contribution in [1.82, 2.24) is 0 Å². The maximum atomic E-state index is 13.2. The molecule has 5 nitrogen and oxygen atoms in total. The van der Waals surface area contributed by atoms with Crippen LogP contribution >= 0.6 is 23.2 Å². The van der Waals surface area contributed by atoms with E-state index in [1.54, 1.807) is 0 Å². The van der Waals surface area contributed by atoms with Gasteiger partial charge in [-0.1, -0.05) is 11.6 Å². The maximum Gasteiger partial charge on any atom is 0.430 e. The van der Waals surface area contributed by atoms with E-state index in [4.69, 9.17) is 23.2 Å². The molecule has 23 heavy (non-hydrogen) atoms. The van der Waals surface area contributed by atoms with Crippen LogP contribution in [0.4, 0.5) is 23.2 Å². The maximum absolute atomic E-state index is 13.2. The molecule has 0 unspecified atom stereocenters. The van der Waals surface area contributed by atoms with E-state index in [2.05, 4.69) is 4.74 Å². The first-order valence-electron chi connectivity index (χ1n) is 5.72. The quantitative estimate of drug-likeness (QED) is 0.480. The lowest BCUT2D eigenvalue weighted by atomic mass is 9.98. The molecule has 128 valence electrons. The number of alkyl halides is 4. The molecular formula is C12H9Cl2F4NO4. The summed E-state index contributed by atoms with van der Waals surface area (Å²) in [4.78, 5) is 23.0. The lowest BCUT2D eigenvalue weighted by molar-refractivity contribution is -0.260. The van der Waals surface area contributed by atoms with E-state index in [0.717, 1.165) is 12.1 Å². The van der Waals surface area contributed by atoms with Crippen molar-refractivity contribution in [3.63, 3.8) is 0 Å². The van der Waals surface area contributed by atoms with Gasteiger partial charge in [0.05, 0.1) is 12.1 Å². The molecule has 0 aliphatic heterocycles. The number of ether oxygens (including phenoxy) is 1. The van der Waals surface area contributed by atoms with E-state index in [-0.39, 0.29) is 10.7 Å². The van der Waals surface area contributed by atoms with Gasteiger partial charge in [-0.2, -0.15) is 13.2 Å². The van der Waals surface area contributed by atoms with Gasteiger partial charge in [-0.3, -0.25) is 4.79 Å². The molecule has 2 atom stereocenters. The number of rotatable bonds is 4. The van der Waals surface area contributed by atoms with E-state index in [1.165, 1.54) is 0 Å². The molecule has 0 fully saturated rings. The Hall–Kier alpha value is -1.58. The number of nitrogens with one attached hydrogen (secondary N) is 1. The number of benzene rings is 1. The molecule has 0 aromatic heterocycles. The average Bonchev–Trinajstić information content (AvgIpc) is 2.47. The summed E-state index contributed by atoms with van der Waals surface area (Å²) in [5, 5.41) is 8.30. The Bertz CT molecular complexity index is 626. The second-order valence-electron chi connectivity index (χ2n) is 4.24. The summed E-state index contributed by atoms with van der Waals surface area (Å²) in [5.74, 6) is -4.71. The molecule has 0 radical (unpaired) electrons. The Morgan fingerprint density at radius 2 is 1.91 bits per heavy atom. The Balaban J connectivity index is 3.09. The Labute approximate surface area is 137 Å². The molecule has 1 aromatic carbocycles. The number of carbonyl (C=O) groups is 2. The molecule has 0 bridgehead atoms. The fraction of sp³-hybridized carbons (Fsp3) is 0.333. The number of esters is 1. The molecule has 1 rings (SSSR count). The summed E-state index contributed by atoms with van der Waals surface area (Å²) in [6.07, 6.45) is -5.59. The molecule has 0 saturated heterocycles. The van der Waals surface area contributed by atoms with Crippen LogP contribution in [0.1, 0.15) is 0 Å². The summed E-state index contributed by atoms with van der Waals surface area (Å²) in [5.41, 5.74) is -4.56. The van der Waals surface area contributed by atoms with Crippen molar-refractivity contribution in [3.8, 4) is 0 Å². The minimum atomic E-state index is -5.59. The number of anilines is 1. The van der Waals surface area contributed by atoms with Crippen LogP contribution in [-0.4, -0.2) is 41.2 Å². The van der Waals surface area contributed by atoms with Crippen molar-refractivity contribution >= 4 is 40.8 Å². The molecule has 0 saturated carbocycles. The van der Waals surface area contributed by atoms with Gasteiger partial charge in [0.1, 0.15) is 5.82 Å². The zero-order valence-corrected chi connectivity index (χ0v) is 12.8. The van der Waals surface area contributed by atoms with Crippen molar-refractivity contribution in [1.29, 1.82) is 0 Å². The van der Waals surface area contributed by atoms with Crippen LogP contribution in [0.3, 0.4) is 0 Å². The van der Waals surface area contributed by atoms with E-state index in [1.807, 2.05) is 5.32 Å². The first kappa shape index (κ1) is 19.5. The van der Waals surface area contributed by atoms with Crippen LogP contribution in [-0.2, 0) is 14.3 Å². The fourth-order valence-corrected chi connectivity index (χ4v) is 1.87. The highest BCUT2D eigenvalue weighted by Gasteiger charge is 2.67. The fourth-order valence-electron chi connectivity index (χ4n) is 1.49. The van der Waals surface area contributed by atoms with Gasteiger partial charge in [-0.05, 0) is 18.2 Å². The summed E-state index contributed by atoms with van der Waals surface area (Å²) in [6.45, 7) is 0. The van der Waals surface area contributed by atoms with Gasteiger partial charge >= 0.3 is 12.1 Å². The highest BCUT2D eigenvalue weighted by Crippen LogP contribution is 2.37. The predicted molar refractivity (Wildman–Crippen MR) is 72.7 cm³/mol. The zero-order valence-electron chi connectivity index (χ0n) is 11.2. The summed E-state index contributed by atoms with van der Waals surface area (Å²) in [7, 11) is 0.579. The van der Waals surface area contributed by atoms with Gasteiger partial charge in [0, 0.05) is 5.69 Å². The molecule has 2 N–H and O–H groups in total. The Morgan fingerprint density at radius 1 is 1.35 bits per heavy atom. The van der Waals surface area contributed by atoms with E-state index in [0.29, 0.717) is 13.2 Å². The normalized spacial score (nSPS) is 15.5. The molecule has 0 aliphatic rings. The minimum absolute atomic E-state index is 0.281. The summed E-state index contributed by atoms with van der Waals surface area (Å²) in [6, 6.07) is 2.83. The molecule has 1 amide bonds. The second kappa shape index (κ2) is 6.90. The molecule has 0 heterocycles. The number of halogens is 6. The highest BCUT2D eigenvalue weighted by molar-refractivity contribution is 6.35. The second-order valence-corrected chi connectivity index (χ2v) is 5.08. The van der Waals surface area contributed by atoms with Crippen LogP contribution in [0, 0.1) is 5.82 Å². The van der Waals surface area contributed by atoms with Crippen LogP contribution in [0.25, 0.3) is 0 Å². The Morgan fingerprint density at radius 3 is 2.35 bits per heavy atom. The lowest BCUT2D eigenvalue weighted by Gasteiger charge is -2.30. The van der Waals surface area contributed by atoms with Gasteiger partial charge in [0.2, 0.25) is 5.91 Å². The van der Waals surface area contributed by atoms with Gasteiger partial charge in [0.25, 0.3) is 5.60 Å². The largest absolute Gasteiger partial charge is 0.467 e. The van der Waals surface area contributed by atoms with Crippen molar-refractivity contribution < 1.29 is 37.0 Å². The monoisotopic (exact) mass is 377 g/mol. The van der Waals surface area contributed by atoms with E-state index in [9.17, 15) is 32.3 Å². The van der Waals surface area contributed by atoms with Crippen LogP contribution in [0.2, 0.25) is 5.02 Å². The van der Waals surface area contributed by atoms with Crippen LogP contribution in [0.5, 0.6) is 0 Å². The molecule has 11 heteroatoms. The number of hydrogen-bond acceptors (Lipinski definition) is 4. The zero-order chi connectivity index (χ0) is 18.0. The first-order chi connectivity index (χ1) is 10.4. The molecule has 1 aromatic rings. The minimum Gasteiger partial charge on any atom is -0.467 e. The standard InChI is InChI=1S/C12H9Cl2F4NO4/c1-23-10(21)11(22,12(16,17)18)8(14)9(20)19-5-2-3-6(13)7(15)4-5/h2-4,8,22H,1H3,(H,19,20)/t8-,11+/m0/s1. The van der Waals surface area contributed by atoms with Crippen molar-refractivity contribution in [2.24, 2.45) is 0 Å². The number of hydrogen-bond donors (Lipinski definition) is 2. The number of amides is 1. The average molecular weight is 378 g/mol. The SMILES string of the molecule is COC(=O)[C@](O)([C@@H](Cl)C(=O)Nc1ccc(Cl)c(F)c1)C(F)(F)F. The van der Waals surface area contributed by atoms with Gasteiger partial charge < -0.3 is 15.2 Å². The summed E-state index contributed by atoms with van der Waals surface area (Å²) < 4.78 is 55.8. The Kier molecular flexibility index (Phi) is 5.84. The summed E-state index contributed by atoms with van der Waals surface area (Å²) >= 11 is 10.7. The van der Waals surface area contributed by atoms with Crippen molar-refractivity contribution in [3.05, 3.63) is 29.0 Å². The van der Waals surface area contributed by atoms with Crippen molar-refractivity contribution in [2.75, 3.05) is 12.4 Å². The third kappa shape index (κ3) is 3.85. The number of aliphatic hydroxyl groups is 1. The molecule has 0 aliphatic carbocycles. The number of methoxy groups -OCH3 is 1. The molecule has 0 spiro atoms. The van der Waals surface area contributed by atoms with Crippen molar-refractivity contribution in [2.45, 2.75) is 17.2 Å². The highest BCUT2D eigenvalue weighted by atomic mass is 35.5. The van der Waals surface area contributed by atoms with Crippen LogP contribution in [0.15, 0.2) is 18.2 Å². The number of carbonyl (C=O) groups excluding carboxylic acids is 2. The first-order valence-corrected chi connectivity index (χ1v) is 6.54. The van der Waals surface area contributed by atoms with Gasteiger partial charge in [-0.25, -0.2) is 9.18 Å². The lowest BCUT2D eigenvalue weighted by Crippen LogP contribution is -2.62. The van der Waals surface area contributed by atoms with E-state index < -0.39 is 34.8 Å². The molecular weight excluding hydrogens is 369 g/mol.